The predicted molar refractivity (Wildman–Crippen MR) is 132 cm³/mol. The Bertz CT molecular complexity index is 1520. The molecule has 0 saturated heterocycles. The third-order valence-electron chi connectivity index (χ3n) is 5.21. The lowest BCUT2D eigenvalue weighted by atomic mass is 10.2. The van der Waals surface area contributed by atoms with E-state index in [1.807, 2.05) is 5.43 Å². The Kier molecular flexibility index (Phi) is 7.46. The normalized spacial score (nSPS) is 11.3. The average Bonchev–Trinajstić information content (AvgIpc) is 3.47. The smallest absolute Gasteiger partial charge is 0.273 e. The van der Waals surface area contributed by atoms with Crippen molar-refractivity contribution < 1.29 is 27.7 Å². The van der Waals surface area contributed by atoms with Gasteiger partial charge in [-0.05, 0) is 31.2 Å². The maximum Gasteiger partial charge on any atom is 0.434 e. The number of aryl methyl sites for hydroxylation is 1. The molecular weight excluding hydrogens is 549 g/mol. The first-order chi connectivity index (χ1) is 17.9. The first kappa shape index (κ1) is 26.8. The number of nitrogens with zero attached hydrogens (tertiary/aromatic N) is 4. The molecule has 0 fully saturated rings. The topological polar surface area (TPSA) is 132 Å². The van der Waals surface area contributed by atoms with E-state index in [2.05, 4.69) is 15.5 Å². The molecule has 0 aliphatic heterocycles. The SMILES string of the molecule is Cc1sc(-c2ccc(Cl)cc2)nc1CC(=O)NNC(=O)c1cnn(-c2ccc([N+](=O)[O-])cc2)c1C(F)(F)F. The quantitative estimate of drug-likeness (QED) is 0.253. The van der Waals surface area contributed by atoms with Crippen LogP contribution in [0.15, 0.2) is 54.7 Å². The minimum absolute atomic E-state index is 0.151. The average molecular weight is 565 g/mol. The van der Waals surface area contributed by atoms with E-state index in [1.165, 1.54) is 11.3 Å². The van der Waals surface area contributed by atoms with Crippen molar-refractivity contribution in [3.63, 3.8) is 0 Å². The van der Waals surface area contributed by atoms with E-state index in [9.17, 15) is 32.9 Å². The lowest BCUT2D eigenvalue weighted by Crippen LogP contribution is -2.43. The van der Waals surface area contributed by atoms with Crippen LogP contribution in [0.25, 0.3) is 16.3 Å². The lowest BCUT2D eigenvalue weighted by molar-refractivity contribution is -0.384. The van der Waals surface area contributed by atoms with Gasteiger partial charge in [-0.1, -0.05) is 23.7 Å². The molecule has 38 heavy (non-hydrogen) atoms. The summed E-state index contributed by atoms with van der Waals surface area (Å²) in [6.45, 7) is 1.76. The van der Waals surface area contributed by atoms with Crippen molar-refractivity contribution in [3.8, 4) is 16.3 Å². The summed E-state index contributed by atoms with van der Waals surface area (Å²) < 4.78 is 42.0. The maximum absolute atomic E-state index is 13.8. The number of nitrogens with one attached hydrogen (secondary N) is 2. The number of non-ortho nitro benzene ring substituents is 1. The first-order valence-electron chi connectivity index (χ1n) is 10.7. The van der Waals surface area contributed by atoms with Crippen molar-refractivity contribution in [1.82, 2.24) is 25.6 Å². The first-order valence-corrected chi connectivity index (χ1v) is 11.8. The minimum Gasteiger partial charge on any atom is -0.273 e. The van der Waals surface area contributed by atoms with Crippen molar-refractivity contribution in [2.75, 3.05) is 0 Å². The van der Waals surface area contributed by atoms with Crippen molar-refractivity contribution in [2.45, 2.75) is 19.5 Å². The maximum atomic E-state index is 13.8. The highest BCUT2D eigenvalue weighted by Gasteiger charge is 2.40. The fraction of sp³-hybridized carbons (Fsp3) is 0.130. The van der Waals surface area contributed by atoms with Crippen LogP contribution in [-0.4, -0.2) is 31.5 Å². The molecule has 0 spiro atoms. The molecule has 0 atom stereocenters. The van der Waals surface area contributed by atoms with Crippen LogP contribution < -0.4 is 10.9 Å². The van der Waals surface area contributed by atoms with E-state index in [-0.39, 0.29) is 17.8 Å². The second kappa shape index (κ2) is 10.6. The molecule has 2 aromatic heterocycles. The molecule has 0 saturated carbocycles. The van der Waals surface area contributed by atoms with Gasteiger partial charge in [0.05, 0.1) is 34.5 Å². The number of thiazole rings is 1. The van der Waals surface area contributed by atoms with Gasteiger partial charge in [0.1, 0.15) is 5.01 Å². The molecule has 0 unspecified atom stereocenters. The molecule has 2 aromatic carbocycles. The van der Waals surface area contributed by atoms with Crippen LogP contribution in [-0.2, 0) is 17.4 Å². The summed E-state index contributed by atoms with van der Waals surface area (Å²) in [6, 6.07) is 11.1. The molecule has 0 aliphatic rings. The number of hydrogen-bond donors (Lipinski definition) is 2. The van der Waals surface area contributed by atoms with Crippen LogP contribution in [0.3, 0.4) is 0 Å². The van der Waals surface area contributed by atoms with Crippen molar-refractivity contribution in [3.05, 3.63) is 91.7 Å². The molecular formula is C23H16ClF3N6O4S. The van der Waals surface area contributed by atoms with Gasteiger partial charge in [0.2, 0.25) is 5.91 Å². The number of alkyl halides is 3. The van der Waals surface area contributed by atoms with Crippen LogP contribution >= 0.6 is 22.9 Å². The molecule has 2 amide bonds. The number of hydrogen-bond acceptors (Lipinski definition) is 7. The number of benzene rings is 2. The monoisotopic (exact) mass is 564 g/mol. The van der Waals surface area contributed by atoms with Crippen LogP contribution in [0.4, 0.5) is 18.9 Å². The molecule has 4 aromatic rings. The summed E-state index contributed by atoms with van der Waals surface area (Å²) in [5.74, 6) is -1.96. The molecule has 196 valence electrons. The molecule has 4 rings (SSSR count). The van der Waals surface area contributed by atoms with Crippen LogP contribution in [0.1, 0.15) is 26.6 Å². The van der Waals surface area contributed by atoms with Crippen molar-refractivity contribution >= 4 is 40.4 Å². The van der Waals surface area contributed by atoms with Crippen LogP contribution in [0, 0.1) is 17.0 Å². The summed E-state index contributed by atoms with van der Waals surface area (Å²) in [5, 5.41) is 15.7. The Morgan fingerprint density at radius 1 is 1.11 bits per heavy atom. The molecule has 0 aliphatic carbocycles. The Labute approximate surface area is 221 Å². The molecule has 0 bridgehead atoms. The van der Waals surface area contributed by atoms with E-state index >= 15 is 0 Å². The number of nitro benzene ring substituents is 1. The van der Waals surface area contributed by atoms with E-state index in [4.69, 9.17) is 11.6 Å². The van der Waals surface area contributed by atoms with Gasteiger partial charge in [-0.25, -0.2) is 9.67 Å². The van der Waals surface area contributed by atoms with Gasteiger partial charge in [0, 0.05) is 27.6 Å². The zero-order valence-corrected chi connectivity index (χ0v) is 20.8. The number of nitro groups is 1. The molecule has 0 radical (unpaired) electrons. The Morgan fingerprint density at radius 3 is 2.37 bits per heavy atom. The second-order valence-electron chi connectivity index (χ2n) is 7.80. The zero-order valence-electron chi connectivity index (χ0n) is 19.2. The predicted octanol–water partition coefficient (Wildman–Crippen LogP) is 4.89. The third-order valence-corrected chi connectivity index (χ3v) is 6.53. The fourth-order valence-electron chi connectivity index (χ4n) is 3.40. The highest BCUT2D eigenvalue weighted by molar-refractivity contribution is 7.15. The zero-order chi connectivity index (χ0) is 27.6. The summed E-state index contributed by atoms with van der Waals surface area (Å²) in [7, 11) is 0. The van der Waals surface area contributed by atoms with Gasteiger partial charge in [-0.3, -0.25) is 30.6 Å². The lowest BCUT2D eigenvalue weighted by Gasteiger charge is -2.13. The molecule has 2 N–H and O–H groups in total. The Hall–Kier alpha value is -4.30. The summed E-state index contributed by atoms with van der Waals surface area (Å²) in [5.41, 5.74) is 2.54. The van der Waals surface area contributed by atoms with E-state index in [0.29, 0.717) is 26.6 Å². The second-order valence-corrected chi connectivity index (χ2v) is 9.44. The standard InChI is InChI=1S/C23H16ClF3N6O4S/c1-12-18(29-22(38-12)13-2-4-14(24)5-3-13)10-19(34)30-31-21(35)17-11-28-32(20(17)23(25,26)27)15-6-8-16(9-7-15)33(36)37/h2-9,11H,10H2,1H3,(H,30,34)(H,31,35). The van der Waals surface area contributed by atoms with Crippen LogP contribution in [0.2, 0.25) is 5.02 Å². The molecule has 2 heterocycles. The highest BCUT2D eigenvalue weighted by Crippen LogP contribution is 2.34. The van der Waals surface area contributed by atoms with Gasteiger partial charge >= 0.3 is 6.18 Å². The fourth-order valence-corrected chi connectivity index (χ4v) is 4.46. The van der Waals surface area contributed by atoms with Gasteiger partial charge in [0.15, 0.2) is 5.69 Å². The van der Waals surface area contributed by atoms with Gasteiger partial charge in [-0.15, -0.1) is 11.3 Å². The van der Waals surface area contributed by atoms with Crippen LogP contribution in [0.5, 0.6) is 0 Å². The number of halogens is 4. The summed E-state index contributed by atoms with van der Waals surface area (Å²) in [4.78, 5) is 40.3. The van der Waals surface area contributed by atoms with Crippen molar-refractivity contribution in [1.29, 1.82) is 0 Å². The van der Waals surface area contributed by atoms with E-state index in [0.717, 1.165) is 34.7 Å². The molecule has 10 nitrogen and oxygen atoms in total. The van der Waals surface area contributed by atoms with Gasteiger partial charge in [0.25, 0.3) is 11.6 Å². The Morgan fingerprint density at radius 2 is 1.76 bits per heavy atom. The summed E-state index contributed by atoms with van der Waals surface area (Å²) in [6.07, 6.45) is -4.55. The number of carbonyl (C=O) groups excluding carboxylic acids is 2. The van der Waals surface area contributed by atoms with Crippen molar-refractivity contribution in [2.24, 2.45) is 0 Å². The highest BCUT2D eigenvalue weighted by atomic mass is 35.5. The third kappa shape index (κ3) is 5.81. The van der Waals surface area contributed by atoms with E-state index < -0.39 is 34.2 Å². The summed E-state index contributed by atoms with van der Waals surface area (Å²) >= 11 is 7.25. The number of hydrazine groups is 1. The number of aromatic nitrogens is 3. The minimum atomic E-state index is -5.01. The number of carbonyl (C=O) groups is 2. The number of rotatable bonds is 6. The molecule has 15 heteroatoms. The van der Waals surface area contributed by atoms with Gasteiger partial charge < -0.3 is 0 Å². The Balaban J connectivity index is 1.47. The van der Waals surface area contributed by atoms with E-state index in [1.54, 1.807) is 31.2 Å². The number of amides is 2. The van der Waals surface area contributed by atoms with Gasteiger partial charge in [-0.2, -0.15) is 18.3 Å². The largest absolute Gasteiger partial charge is 0.434 e.